The third-order valence-corrected chi connectivity index (χ3v) is 4.83. The van der Waals surface area contributed by atoms with Crippen molar-refractivity contribution in [2.45, 2.75) is 0 Å². The second-order valence-corrected chi connectivity index (χ2v) is 6.98. The van der Waals surface area contributed by atoms with Crippen molar-refractivity contribution in [1.29, 1.82) is 0 Å². The summed E-state index contributed by atoms with van der Waals surface area (Å²) >= 11 is 2.17. The lowest BCUT2D eigenvalue weighted by Crippen LogP contribution is -2.20. The van der Waals surface area contributed by atoms with Crippen LogP contribution in [-0.2, 0) is 7.05 Å². The molecular formula is C13H12N6O2S2. The molecule has 0 spiro atoms. The molecule has 0 unspecified atom stereocenters. The number of fused-ring (bicyclic) bond motifs is 1. The summed E-state index contributed by atoms with van der Waals surface area (Å²) in [5.41, 5.74) is 0.534. The van der Waals surface area contributed by atoms with E-state index in [1.54, 1.807) is 23.7 Å². The first kappa shape index (κ1) is 15.4. The molecule has 0 saturated heterocycles. The topological polar surface area (TPSA) is 93.3 Å². The van der Waals surface area contributed by atoms with E-state index in [4.69, 9.17) is 0 Å². The van der Waals surface area contributed by atoms with Crippen LogP contribution in [0.2, 0.25) is 0 Å². The summed E-state index contributed by atoms with van der Waals surface area (Å²) in [6, 6.07) is 0. The van der Waals surface area contributed by atoms with Crippen LogP contribution in [0.4, 0.5) is 5.95 Å². The molecular weight excluding hydrogens is 336 g/mol. The van der Waals surface area contributed by atoms with E-state index in [0.29, 0.717) is 10.6 Å². The van der Waals surface area contributed by atoms with E-state index in [1.165, 1.54) is 10.8 Å². The molecule has 0 bridgehead atoms. The molecule has 3 rings (SSSR count). The van der Waals surface area contributed by atoms with Crippen molar-refractivity contribution in [2.24, 2.45) is 12.0 Å². The monoisotopic (exact) mass is 348 g/mol. The fraction of sp³-hybridized carbons (Fsp3) is 0.231. The van der Waals surface area contributed by atoms with Crippen LogP contribution in [0.25, 0.3) is 21.7 Å². The first-order valence-corrected chi connectivity index (χ1v) is 8.18. The zero-order chi connectivity index (χ0) is 16.6. The molecule has 23 heavy (non-hydrogen) atoms. The van der Waals surface area contributed by atoms with Crippen molar-refractivity contribution in [3.63, 3.8) is 0 Å². The van der Waals surface area contributed by atoms with Crippen LogP contribution < -0.4 is 9.62 Å². The summed E-state index contributed by atoms with van der Waals surface area (Å²) in [5.74, 6) is 0.249. The van der Waals surface area contributed by atoms with Crippen LogP contribution in [0.15, 0.2) is 26.2 Å². The van der Waals surface area contributed by atoms with Gasteiger partial charge in [0.25, 0.3) is 9.62 Å². The molecule has 3 aromatic heterocycles. The van der Waals surface area contributed by atoms with Crippen LogP contribution in [0.5, 0.6) is 0 Å². The van der Waals surface area contributed by atoms with E-state index >= 15 is 0 Å². The molecule has 0 aliphatic rings. The highest BCUT2D eigenvalue weighted by molar-refractivity contribution is 7.28. The van der Waals surface area contributed by atoms with E-state index in [1.807, 2.05) is 14.1 Å². The predicted molar refractivity (Wildman–Crippen MR) is 91.9 cm³/mol. The first-order valence-electron chi connectivity index (χ1n) is 6.49. The molecule has 0 N–H and O–H groups in total. The van der Waals surface area contributed by atoms with Crippen molar-refractivity contribution in [3.05, 3.63) is 30.8 Å². The van der Waals surface area contributed by atoms with Crippen LogP contribution in [0, 0.1) is 0 Å². The SMILES string of the molecule is CN(C)/C=N/c1nc2ncc(-c3csc(=O)s3)nc2c(=O)n1C. The van der Waals surface area contributed by atoms with Crippen molar-refractivity contribution in [2.75, 3.05) is 14.1 Å². The third kappa shape index (κ3) is 3.03. The Hall–Kier alpha value is -2.46. The molecule has 0 aliphatic carbocycles. The summed E-state index contributed by atoms with van der Waals surface area (Å²) in [5, 5.41) is 1.70. The molecule has 0 saturated carbocycles. The average Bonchev–Trinajstić information content (AvgIpc) is 2.95. The second kappa shape index (κ2) is 5.97. The van der Waals surface area contributed by atoms with Crippen molar-refractivity contribution >= 4 is 46.1 Å². The second-order valence-electron chi connectivity index (χ2n) is 4.86. The molecule has 0 amide bonds. The lowest BCUT2D eigenvalue weighted by Gasteiger charge is -2.06. The van der Waals surface area contributed by atoms with Crippen LogP contribution >= 0.6 is 22.7 Å². The Morgan fingerprint density at radius 2 is 2.09 bits per heavy atom. The Kier molecular flexibility index (Phi) is 4.01. The van der Waals surface area contributed by atoms with Gasteiger partial charge in [0.05, 0.1) is 17.4 Å². The van der Waals surface area contributed by atoms with Gasteiger partial charge in [-0.3, -0.25) is 14.2 Å². The zero-order valence-corrected chi connectivity index (χ0v) is 14.2. The van der Waals surface area contributed by atoms with Gasteiger partial charge in [-0.15, -0.1) is 0 Å². The fourth-order valence-corrected chi connectivity index (χ4v) is 3.43. The van der Waals surface area contributed by atoms with E-state index in [-0.39, 0.29) is 26.7 Å². The summed E-state index contributed by atoms with van der Waals surface area (Å²) in [4.78, 5) is 43.1. The lowest BCUT2D eigenvalue weighted by atomic mass is 10.4. The van der Waals surface area contributed by atoms with E-state index in [2.05, 4.69) is 19.9 Å². The van der Waals surface area contributed by atoms with E-state index < -0.39 is 0 Å². The summed E-state index contributed by atoms with van der Waals surface area (Å²) in [6.07, 6.45) is 3.06. The minimum absolute atomic E-state index is 0.0266. The lowest BCUT2D eigenvalue weighted by molar-refractivity contribution is 0.641. The summed E-state index contributed by atoms with van der Waals surface area (Å²) < 4.78 is 1.29. The summed E-state index contributed by atoms with van der Waals surface area (Å²) in [6.45, 7) is 0. The quantitative estimate of drug-likeness (QED) is 0.520. The molecule has 3 heterocycles. The van der Waals surface area contributed by atoms with Gasteiger partial charge in [-0.1, -0.05) is 22.7 Å². The van der Waals surface area contributed by atoms with E-state index in [9.17, 15) is 9.59 Å². The predicted octanol–water partition coefficient (Wildman–Crippen LogP) is 1.10. The highest BCUT2D eigenvalue weighted by Crippen LogP contribution is 2.22. The number of rotatable bonds is 3. The normalized spacial score (nSPS) is 11.4. The van der Waals surface area contributed by atoms with Gasteiger partial charge in [0, 0.05) is 26.5 Å². The highest BCUT2D eigenvalue weighted by Gasteiger charge is 2.12. The highest BCUT2D eigenvalue weighted by atomic mass is 32.2. The van der Waals surface area contributed by atoms with Crippen LogP contribution in [0.1, 0.15) is 0 Å². The van der Waals surface area contributed by atoms with Gasteiger partial charge in [0.2, 0.25) is 5.95 Å². The molecule has 0 aromatic carbocycles. The van der Waals surface area contributed by atoms with Gasteiger partial charge >= 0.3 is 0 Å². The van der Waals surface area contributed by atoms with Gasteiger partial charge in [-0.25, -0.2) is 15.0 Å². The first-order chi connectivity index (χ1) is 11.0. The minimum atomic E-state index is -0.335. The third-order valence-electron chi connectivity index (χ3n) is 2.88. The van der Waals surface area contributed by atoms with Gasteiger partial charge in [0.15, 0.2) is 11.2 Å². The molecule has 0 radical (unpaired) electrons. The maximum atomic E-state index is 12.5. The Labute approximate surface area is 138 Å². The van der Waals surface area contributed by atoms with Gasteiger partial charge in [-0.2, -0.15) is 4.98 Å². The Morgan fingerprint density at radius 1 is 1.30 bits per heavy atom. The standard InChI is InChI=1S/C13H12N6O2S2/c1-18(2)6-15-12-17-10-9(11(20)19(12)3)16-7(4-14-10)8-5-22-13(21)23-8/h4-6H,1-3H3/b15-6+. The summed E-state index contributed by atoms with van der Waals surface area (Å²) in [7, 11) is 5.22. The minimum Gasteiger partial charge on any atom is -0.369 e. The number of aromatic nitrogens is 4. The number of nitrogens with zero attached hydrogens (tertiary/aromatic N) is 6. The van der Waals surface area contributed by atoms with Crippen molar-refractivity contribution in [1.82, 2.24) is 24.4 Å². The van der Waals surface area contributed by atoms with E-state index in [0.717, 1.165) is 22.7 Å². The Balaban J connectivity index is 2.17. The molecule has 8 nitrogen and oxygen atoms in total. The van der Waals surface area contributed by atoms with Gasteiger partial charge < -0.3 is 4.90 Å². The molecule has 0 fully saturated rings. The fourth-order valence-electron chi connectivity index (χ4n) is 1.78. The van der Waals surface area contributed by atoms with Crippen molar-refractivity contribution < 1.29 is 0 Å². The largest absolute Gasteiger partial charge is 0.369 e. The Bertz CT molecular complexity index is 1020. The average molecular weight is 348 g/mol. The van der Waals surface area contributed by atoms with Crippen LogP contribution in [0.3, 0.4) is 0 Å². The molecule has 118 valence electrons. The van der Waals surface area contributed by atoms with Gasteiger partial charge in [0.1, 0.15) is 5.69 Å². The maximum Gasteiger partial charge on any atom is 0.288 e. The molecule has 0 atom stereocenters. The smallest absolute Gasteiger partial charge is 0.288 e. The molecule has 3 aromatic rings. The van der Waals surface area contributed by atoms with Gasteiger partial charge in [-0.05, 0) is 0 Å². The zero-order valence-electron chi connectivity index (χ0n) is 12.5. The molecule has 10 heteroatoms. The molecule has 0 aliphatic heterocycles. The number of hydrogen-bond donors (Lipinski definition) is 0. The Morgan fingerprint density at radius 3 is 2.74 bits per heavy atom. The maximum absolute atomic E-state index is 12.5. The van der Waals surface area contributed by atoms with Crippen LogP contribution in [-0.4, -0.2) is 44.9 Å². The van der Waals surface area contributed by atoms with Crippen molar-refractivity contribution in [3.8, 4) is 10.6 Å². The number of hydrogen-bond acceptors (Lipinski definition) is 8. The number of aliphatic imine (C=N–C) groups is 1.